The van der Waals surface area contributed by atoms with Crippen LogP contribution in [0.15, 0.2) is 10.7 Å². The summed E-state index contributed by atoms with van der Waals surface area (Å²) in [7, 11) is 0. The third-order valence-electron chi connectivity index (χ3n) is 3.18. The highest BCUT2D eigenvalue weighted by Gasteiger charge is 2.28. The molecule has 0 spiro atoms. The Hall–Kier alpha value is -0.830. The summed E-state index contributed by atoms with van der Waals surface area (Å²) >= 11 is 0. The van der Waals surface area contributed by atoms with E-state index in [4.69, 9.17) is 4.42 Å². The van der Waals surface area contributed by atoms with Crippen molar-refractivity contribution in [2.24, 2.45) is 0 Å². The van der Waals surface area contributed by atoms with Crippen molar-refractivity contribution in [2.75, 3.05) is 13.1 Å². The van der Waals surface area contributed by atoms with E-state index in [2.05, 4.69) is 10.3 Å². The predicted molar refractivity (Wildman–Crippen MR) is 53.3 cm³/mol. The molecule has 1 saturated heterocycles. The van der Waals surface area contributed by atoms with Crippen LogP contribution < -0.4 is 5.32 Å². The summed E-state index contributed by atoms with van der Waals surface area (Å²) < 4.78 is 5.55. The highest BCUT2D eigenvalue weighted by Crippen LogP contribution is 2.40. The standard InChI is InChI=1S/C11H16N2O/c1-2-9(6-12-5-1)11-13-10(7-14-11)8-3-4-8/h7-9,12H,1-6H2. The molecule has 14 heavy (non-hydrogen) atoms. The van der Waals surface area contributed by atoms with Crippen molar-refractivity contribution < 1.29 is 4.42 Å². The van der Waals surface area contributed by atoms with Gasteiger partial charge in [0.25, 0.3) is 0 Å². The predicted octanol–water partition coefficient (Wildman–Crippen LogP) is 2.02. The largest absolute Gasteiger partial charge is 0.448 e. The van der Waals surface area contributed by atoms with E-state index in [0.29, 0.717) is 11.8 Å². The molecule has 0 aromatic carbocycles. The van der Waals surface area contributed by atoms with Gasteiger partial charge in [0, 0.05) is 18.4 Å². The number of oxazole rings is 1. The van der Waals surface area contributed by atoms with Gasteiger partial charge in [0.1, 0.15) is 6.26 Å². The van der Waals surface area contributed by atoms with Gasteiger partial charge in [0.15, 0.2) is 5.89 Å². The van der Waals surface area contributed by atoms with Crippen LogP contribution in [0.1, 0.15) is 49.1 Å². The van der Waals surface area contributed by atoms with Crippen molar-refractivity contribution in [3.63, 3.8) is 0 Å². The average molecular weight is 192 g/mol. The van der Waals surface area contributed by atoms with Crippen LogP contribution in [0.4, 0.5) is 0 Å². The summed E-state index contributed by atoms with van der Waals surface area (Å²) in [5, 5.41) is 3.39. The van der Waals surface area contributed by atoms with Crippen molar-refractivity contribution >= 4 is 0 Å². The summed E-state index contributed by atoms with van der Waals surface area (Å²) in [5.41, 5.74) is 1.19. The molecule has 1 N–H and O–H groups in total. The van der Waals surface area contributed by atoms with E-state index in [9.17, 15) is 0 Å². The van der Waals surface area contributed by atoms with Crippen molar-refractivity contribution in [3.05, 3.63) is 17.8 Å². The fraction of sp³-hybridized carbons (Fsp3) is 0.727. The molecule has 2 aliphatic rings. The minimum atomic E-state index is 0.510. The Morgan fingerprint density at radius 3 is 2.93 bits per heavy atom. The van der Waals surface area contributed by atoms with Crippen molar-refractivity contribution in [1.82, 2.24) is 10.3 Å². The third-order valence-corrected chi connectivity index (χ3v) is 3.18. The van der Waals surface area contributed by atoms with E-state index < -0.39 is 0 Å². The van der Waals surface area contributed by atoms with Gasteiger partial charge in [-0.3, -0.25) is 0 Å². The lowest BCUT2D eigenvalue weighted by atomic mass is 10.00. The first-order valence-corrected chi connectivity index (χ1v) is 5.59. The van der Waals surface area contributed by atoms with Crippen LogP contribution in [0.5, 0.6) is 0 Å². The summed E-state index contributed by atoms with van der Waals surface area (Å²) in [6, 6.07) is 0. The number of hydrogen-bond donors (Lipinski definition) is 1. The lowest BCUT2D eigenvalue weighted by molar-refractivity contribution is 0.376. The lowest BCUT2D eigenvalue weighted by Crippen LogP contribution is -2.28. The van der Waals surface area contributed by atoms with Gasteiger partial charge >= 0.3 is 0 Å². The first kappa shape index (κ1) is 8.48. The molecule has 1 aromatic rings. The van der Waals surface area contributed by atoms with Gasteiger partial charge in [-0.15, -0.1) is 0 Å². The molecule has 0 radical (unpaired) electrons. The maximum Gasteiger partial charge on any atom is 0.198 e. The van der Waals surface area contributed by atoms with Crippen LogP contribution in [-0.2, 0) is 0 Å². The molecule has 3 rings (SSSR count). The Labute approximate surface area is 83.9 Å². The van der Waals surface area contributed by atoms with Gasteiger partial charge < -0.3 is 9.73 Å². The number of hydrogen-bond acceptors (Lipinski definition) is 3. The van der Waals surface area contributed by atoms with Crippen LogP contribution >= 0.6 is 0 Å². The van der Waals surface area contributed by atoms with Crippen molar-refractivity contribution in [1.29, 1.82) is 0 Å². The number of aromatic nitrogens is 1. The molecule has 2 fully saturated rings. The first-order chi connectivity index (χ1) is 6.93. The maximum atomic E-state index is 5.55. The molecule has 1 aliphatic heterocycles. The molecule has 3 nitrogen and oxygen atoms in total. The topological polar surface area (TPSA) is 38.1 Å². The van der Waals surface area contributed by atoms with Gasteiger partial charge in [0.2, 0.25) is 0 Å². The molecule has 76 valence electrons. The molecular formula is C11H16N2O. The van der Waals surface area contributed by atoms with E-state index in [1.807, 2.05) is 6.26 Å². The zero-order chi connectivity index (χ0) is 9.38. The maximum absolute atomic E-state index is 5.55. The Bertz CT molecular complexity index is 311. The quantitative estimate of drug-likeness (QED) is 0.779. The molecule has 1 saturated carbocycles. The zero-order valence-corrected chi connectivity index (χ0v) is 8.33. The van der Waals surface area contributed by atoms with Gasteiger partial charge in [-0.05, 0) is 32.2 Å². The summed E-state index contributed by atoms with van der Waals surface area (Å²) in [5.74, 6) is 2.18. The molecule has 0 amide bonds. The zero-order valence-electron chi connectivity index (χ0n) is 8.33. The third kappa shape index (κ3) is 1.57. The molecule has 0 bridgehead atoms. The summed E-state index contributed by atoms with van der Waals surface area (Å²) in [6.07, 6.45) is 6.93. The molecule has 1 aromatic heterocycles. The van der Waals surface area contributed by atoms with Crippen LogP contribution in [-0.4, -0.2) is 18.1 Å². The molecule has 2 heterocycles. The summed E-state index contributed by atoms with van der Waals surface area (Å²) in [6.45, 7) is 2.18. The molecule has 1 atom stereocenters. The Morgan fingerprint density at radius 2 is 2.21 bits per heavy atom. The second-order valence-electron chi connectivity index (χ2n) is 4.43. The van der Waals surface area contributed by atoms with Gasteiger partial charge in [0.05, 0.1) is 5.69 Å². The number of nitrogens with one attached hydrogen (secondary N) is 1. The molecule has 1 unspecified atom stereocenters. The smallest absolute Gasteiger partial charge is 0.198 e. The second-order valence-corrected chi connectivity index (χ2v) is 4.43. The van der Waals surface area contributed by atoms with Crippen molar-refractivity contribution in [2.45, 2.75) is 37.5 Å². The average Bonchev–Trinajstić information content (AvgIpc) is 2.98. The Kier molecular flexibility index (Phi) is 2.05. The van der Waals surface area contributed by atoms with E-state index in [0.717, 1.165) is 19.0 Å². The number of rotatable bonds is 2. The monoisotopic (exact) mass is 192 g/mol. The van der Waals surface area contributed by atoms with Crippen LogP contribution in [0.25, 0.3) is 0 Å². The highest BCUT2D eigenvalue weighted by atomic mass is 16.3. The Morgan fingerprint density at radius 1 is 1.29 bits per heavy atom. The van der Waals surface area contributed by atoms with E-state index in [1.54, 1.807) is 0 Å². The SMILES string of the molecule is c1oc(C2CCCNC2)nc1C1CC1. The van der Waals surface area contributed by atoms with Crippen LogP contribution in [0, 0.1) is 0 Å². The fourth-order valence-electron chi connectivity index (χ4n) is 2.12. The molecule has 3 heteroatoms. The van der Waals surface area contributed by atoms with E-state index in [-0.39, 0.29) is 0 Å². The summed E-state index contributed by atoms with van der Waals surface area (Å²) in [4.78, 5) is 4.59. The molecule has 1 aliphatic carbocycles. The Balaban J connectivity index is 1.74. The number of nitrogens with zero attached hydrogens (tertiary/aromatic N) is 1. The number of piperidine rings is 1. The van der Waals surface area contributed by atoms with Crippen molar-refractivity contribution in [3.8, 4) is 0 Å². The first-order valence-electron chi connectivity index (χ1n) is 5.59. The van der Waals surface area contributed by atoms with E-state index >= 15 is 0 Å². The highest BCUT2D eigenvalue weighted by molar-refractivity contribution is 5.12. The second kappa shape index (κ2) is 3.39. The van der Waals surface area contributed by atoms with Gasteiger partial charge in [-0.1, -0.05) is 0 Å². The van der Waals surface area contributed by atoms with Gasteiger partial charge in [-0.25, -0.2) is 4.98 Å². The van der Waals surface area contributed by atoms with E-state index in [1.165, 1.54) is 31.4 Å². The van der Waals surface area contributed by atoms with Crippen LogP contribution in [0.3, 0.4) is 0 Å². The normalized spacial score (nSPS) is 27.9. The minimum Gasteiger partial charge on any atom is -0.448 e. The minimum absolute atomic E-state index is 0.510. The van der Waals surface area contributed by atoms with Crippen LogP contribution in [0.2, 0.25) is 0 Å². The lowest BCUT2D eigenvalue weighted by Gasteiger charge is -2.19. The van der Waals surface area contributed by atoms with Gasteiger partial charge in [-0.2, -0.15) is 0 Å². The molecular weight excluding hydrogens is 176 g/mol. The fourth-order valence-corrected chi connectivity index (χ4v) is 2.12.